The van der Waals surface area contributed by atoms with Crippen LogP contribution in [0.25, 0.3) is 0 Å². The molecule has 2 bridgehead atoms. The molecule has 1 aliphatic carbocycles. The molecule has 2 saturated heterocycles. The Hall–Kier alpha value is -2.80. The van der Waals surface area contributed by atoms with Crippen molar-refractivity contribution >= 4 is 17.4 Å². The van der Waals surface area contributed by atoms with Crippen LogP contribution in [-0.4, -0.2) is 55.3 Å². The number of fused-ring (bicyclic) bond motifs is 6. The molecular weight excluding hydrogens is 402 g/mol. The summed E-state index contributed by atoms with van der Waals surface area (Å²) >= 11 is 0. The first-order valence-electron chi connectivity index (χ1n) is 12.0. The van der Waals surface area contributed by atoms with E-state index in [1.54, 1.807) is 6.20 Å². The van der Waals surface area contributed by atoms with E-state index in [2.05, 4.69) is 44.0 Å². The van der Waals surface area contributed by atoms with Crippen LogP contribution in [0.4, 0.5) is 11.5 Å². The first kappa shape index (κ1) is 18.7. The van der Waals surface area contributed by atoms with Crippen molar-refractivity contribution in [2.45, 2.75) is 49.7 Å². The maximum Gasteiger partial charge on any atom is 0.253 e. The van der Waals surface area contributed by atoms with Gasteiger partial charge in [-0.1, -0.05) is 6.07 Å². The molecule has 2 aromatic rings. The van der Waals surface area contributed by atoms with Crippen LogP contribution in [0, 0.1) is 5.92 Å². The molecule has 7 nitrogen and oxygen atoms in total. The van der Waals surface area contributed by atoms with E-state index in [0.29, 0.717) is 36.1 Å². The van der Waals surface area contributed by atoms with Crippen LogP contribution in [0.5, 0.6) is 5.75 Å². The molecule has 5 aliphatic rings. The average Bonchev–Trinajstić information content (AvgIpc) is 3.55. The van der Waals surface area contributed by atoms with Crippen molar-refractivity contribution in [2.75, 3.05) is 36.5 Å². The molecule has 7 heteroatoms. The van der Waals surface area contributed by atoms with Crippen LogP contribution < -0.4 is 25.6 Å². The summed E-state index contributed by atoms with van der Waals surface area (Å²) in [5.74, 6) is 3.14. The first-order chi connectivity index (χ1) is 15.7. The molecule has 7 rings (SSSR count). The maximum absolute atomic E-state index is 12.9. The summed E-state index contributed by atoms with van der Waals surface area (Å²) < 4.78 is 6.11. The predicted molar refractivity (Wildman–Crippen MR) is 123 cm³/mol. The Bertz CT molecular complexity index is 1080. The van der Waals surface area contributed by atoms with Crippen molar-refractivity contribution in [2.24, 2.45) is 5.92 Å². The number of aromatic nitrogens is 1. The van der Waals surface area contributed by atoms with Crippen LogP contribution in [0.15, 0.2) is 30.5 Å². The summed E-state index contributed by atoms with van der Waals surface area (Å²) in [7, 11) is 0. The second kappa shape index (κ2) is 7.10. The fraction of sp³-hybridized carbons (Fsp3) is 0.520. The van der Waals surface area contributed by atoms with Gasteiger partial charge in [0.2, 0.25) is 0 Å². The molecule has 2 unspecified atom stereocenters. The highest BCUT2D eigenvalue weighted by Crippen LogP contribution is 2.52. The average molecular weight is 432 g/mol. The molecule has 3 fully saturated rings. The van der Waals surface area contributed by atoms with Gasteiger partial charge in [-0.2, -0.15) is 0 Å². The van der Waals surface area contributed by atoms with Gasteiger partial charge in [0.1, 0.15) is 18.2 Å². The van der Waals surface area contributed by atoms with Gasteiger partial charge in [0, 0.05) is 49.7 Å². The van der Waals surface area contributed by atoms with Crippen LogP contribution >= 0.6 is 0 Å². The van der Waals surface area contributed by atoms with Crippen molar-refractivity contribution in [3.63, 3.8) is 0 Å². The second-order valence-corrected chi connectivity index (χ2v) is 10.2. The SMILES string of the molecule is O=C(N[C@H]1COc2cc(N3CC4CCC(C3)N4)ccc2C1)c1cnc2c(c1)[C@@H]1C[C@@H]1CN2. The Labute approximate surface area is 187 Å². The Morgan fingerprint density at radius 1 is 1.19 bits per heavy atom. The fourth-order valence-corrected chi connectivity index (χ4v) is 6.05. The molecule has 1 amide bonds. The number of rotatable bonds is 3. The van der Waals surface area contributed by atoms with Crippen molar-refractivity contribution in [1.29, 1.82) is 0 Å². The van der Waals surface area contributed by atoms with Gasteiger partial charge in [-0.25, -0.2) is 4.98 Å². The molecule has 5 heterocycles. The van der Waals surface area contributed by atoms with E-state index in [4.69, 9.17) is 4.74 Å². The Balaban J connectivity index is 1.03. The van der Waals surface area contributed by atoms with Crippen molar-refractivity contribution in [1.82, 2.24) is 15.6 Å². The standard InChI is InChI=1S/C25H29N5O2/c31-25(16-7-22-21-6-15(21)9-26-24(22)27-10-16)29-19-5-14-1-4-20(8-23(14)32-13-19)30-11-17-2-3-18(12-30)28-17/h1,4,7-8,10,15,17-19,21,28H,2-3,5-6,9,11-13H2,(H,26,27)(H,29,31)/t15-,17?,18?,19-,21-/m1/s1. The van der Waals surface area contributed by atoms with Crippen molar-refractivity contribution in [3.8, 4) is 5.75 Å². The number of ether oxygens (including phenoxy) is 1. The number of nitrogens with zero attached hydrogens (tertiary/aromatic N) is 2. The van der Waals surface area contributed by atoms with E-state index >= 15 is 0 Å². The lowest BCUT2D eigenvalue weighted by Crippen LogP contribution is -2.51. The predicted octanol–water partition coefficient (Wildman–Crippen LogP) is 2.28. The van der Waals surface area contributed by atoms with Crippen LogP contribution in [0.2, 0.25) is 0 Å². The molecule has 1 saturated carbocycles. The number of carbonyl (C=O) groups excluding carboxylic acids is 1. The van der Waals surface area contributed by atoms with E-state index in [9.17, 15) is 4.79 Å². The zero-order valence-electron chi connectivity index (χ0n) is 18.1. The monoisotopic (exact) mass is 431 g/mol. The lowest BCUT2D eigenvalue weighted by atomic mass is 10.0. The number of hydrogen-bond acceptors (Lipinski definition) is 6. The molecule has 32 heavy (non-hydrogen) atoms. The number of carbonyl (C=O) groups is 1. The van der Waals surface area contributed by atoms with Crippen LogP contribution in [0.1, 0.15) is 46.7 Å². The maximum atomic E-state index is 12.9. The van der Waals surface area contributed by atoms with Gasteiger partial charge >= 0.3 is 0 Å². The molecular formula is C25H29N5O2. The summed E-state index contributed by atoms with van der Waals surface area (Å²) in [6.07, 6.45) is 6.24. The molecule has 1 aromatic carbocycles. The van der Waals surface area contributed by atoms with Gasteiger partial charge in [0.25, 0.3) is 5.91 Å². The molecule has 4 aliphatic heterocycles. The normalized spacial score (nSPS) is 31.5. The van der Waals surface area contributed by atoms with Crippen molar-refractivity contribution in [3.05, 3.63) is 47.2 Å². The van der Waals surface area contributed by atoms with Crippen LogP contribution in [-0.2, 0) is 6.42 Å². The number of piperazine rings is 1. The van der Waals surface area contributed by atoms with Gasteiger partial charge in [0.05, 0.1) is 11.6 Å². The number of anilines is 2. The summed E-state index contributed by atoms with van der Waals surface area (Å²) in [5.41, 5.74) is 4.26. The fourth-order valence-electron chi connectivity index (χ4n) is 6.05. The smallest absolute Gasteiger partial charge is 0.253 e. The number of nitrogens with one attached hydrogen (secondary N) is 3. The number of hydrogen-bond donors (Lipinski definition) is 3. The van der Waals surface area contributed by atoms with E-state index in [0.717, 1.165) is 43.2 Å². The lowest BCUT2D eigenvalue weighted by molar-refractivity contribution is 0.0915. The van der Waals surface area contributed by atoms with E-state index in [1.165, 1.54) is 30.5 Å². The zero-order valence-corrected chi connectivity index (χ0v) is 18.1. The highest BCUT2D eigenvalue weighted by atomic mass is 16.5. The third-order valence-corrected chi connectivity index (χ3v) is 7.91. The van der Waals surface area contributed by atoms with E-state index in [1.807, 2.05) is 6.07 Å². The Morgan fingerprint density at radius 2 is 2.06 bits per heavy atom. The molecule has 166 valence electrons. The minimum Gasteiger partial charge on any atom is -0.491 e. The molecule has 1 aromatic heterocycles. The quantitative estimate of drug-likeness (QED) is 0.692. The van der Waals surface area contributed by atoms with Gasteiger partial charge in [-0.15, -0.1) is 0 Å². The molecule has 0 spiro atoms. The van der Waals surface area contributed by atoms with Gasteiger partial charge in [-0.3, -0.25) is 4.79 Å². The molecule has 3 N–H and O–H groups in total. The Morgan fingerprint density at radius 3 is 2.94 bits per heavy atom. The summed E-state index contributed by atoms with van der Waals surface area (Å²) in [5, 5.41) is 10.2. The number of amides is 1. The van der Waals surface area contributed by atoms with E-state index < -0.39 is 0 Å². The summed E-state index contributed by atoms with van der Waals surface area (Å²) in [6.45, 7) is 3.64. The van der Waals surface area contributed by atoms with Crippen molar-refractivity contribution < 1.29 is 9.53 Å². The largest absolute Gasteiger partial charge is 0.491 e. The highest BCUT2D eigenvalue weighted by molar-refractivity contribution is 5.94. The molecule has 0 radical (unpaired) electrons. The second-order valence-electron chi connectivity index (χ2n) is 10.2. The topological polar surface area (TPSA) is 78.5 Å². The van der Waals surface area contributed by atoms with Crippen LogP contribution in [0.3, 0.4) is 0 Å². The lowest BCUT2D eigenvalue weighted by Gasteiger charge is -2.35. The number of pyridine rings is 1. The first-order valence-corrected chi connectivity index (χ1v) is 12.0. The summed E-state index contributed by atoms with van der Waals surface area (Å²) in [4.78, 5) is 19.9. The summed E-state index contributed by atoms with van der Waals surface area (Å²) in [6, 6.07) is 9.80. The van der Waals surface area contributed by atoms with Gasteiger partial charge < -0.3 is 25.6 Å². The third kappa shape index (κ3) is 3.22. The van der Waals surface area contributed by atoms with Gasteiger partial charge in [0.15, 0.2) is 0 Å². The minimum absolute atomic E-state index is 0.0290. The molecule has 5 atom stereocenters. The number of benzene rings is 1. The van der Waals surface area contributed by atoms with E-state index in [-0.39, 0.29) is 11.9 Å². The Kier molecular flexibility index (Phi) is 4.16. The zero-order chi connectivity index (χ0) is 21.2. The van der Waals surface area contributed by atoms with Gasteiger partial charge in [-0.05, 0) is 60.8 Å². The third-order valence-electron chi connectivity index (χ3n) is 7.91. The minimum atomic E-state index is -0.0620. The highest BCUT2D eigenvalue weighted by Gasteiger charge is 2.43.